The van der Waals surface area contributed by atoms with Gasteiger partial charge in [-0.2, -0.15) is 0 Å². The summed E-state index contributed by atoms with van der Waals surface area (Å²) >= 11 is 5.94. The van der Waals surface area contributed by atoms with Gasteiger partial charge in [0.15, 0.2) is 0 Å². The molecule has 1 aromatic heterocycles. The molecule has 0 saturated heterocycles. The molecule has 1 heterocycles. The van der Waals surface area contributed by atoms with Crippen molar-refractivity contribution in [3.05, 3.63) is 52.3 Å². The van der Waals surface area contributed by atoms with Crippen LogP contribution in [0, 0.1) is 13.8 Å². The van der Waals surface area contributed by atoms with Crippen molar-refractivity contribution in [2.45, 2.75) is 26.8 Å². The highest BCUT2D eigenvalue weighted by Crippen LogP contribution is 2.22. The van der Waals surface area contributed by atoms with Gasteiger partial charge in [0, 0.05) is 34.7 Å². The molecule has 4 nitrogen and oxygen atoms in total. The van der Waals surface area contributed by atoms with Crippen molar-refractivity contribution < 1.29 is 4.79 Å². The van der Waals surface area contributed by atoms with Gasteiger partial charge in [-0.15, -0.1) is 12.4 Å². The van der Waals surface area contributed by atoms with Gasteiger partial charge in [0.1, 0.15) is 0 Å². The number of hydrogen-bond acceptors (Lipinski definition) is 2. The van der Waals surface area contributed by atoms with Crippen LogP contribution in [0.25, 0.3) is 5.69 Å². The number of carbonyl (C=O) groups excluding carboxylic acids is 1. The smallest absolute Gasteiger partial charge is 0.253 e. The highest BCUT2D eigenvalue weighted by molar-refractivity contribution is 6.30. The first-order valence-corrected chi connectivity index (χ1v) is 7.72. The van der Waals surface area contributed by atoms with E-state index in [0.29, 0.717) is 17.1 Å². The Bertz CT molecular complexity index is 665. The van der Waals surface area contributed by atoms with Gasteiger partial charge in [-0.1, -0.05) is 11.6 Å². The number of hydrogen-bond donors (Lipinski definition) is 2. The van der Waals surface area contributed by atoms with Gasteiger partial charge in [0.05, 0.1) is 5.56 Å². The van der Waals surface area contributed by atoms with E-state index in [1.54, 1.807) is 0 Å². The summed E-state index contributed by atoms with van der Waals surface area (Å²) in [7, 11) is 1.88. The van der Waals surface area contributed by atoms with Gasteiger partial charge in [0.25, 0.3) is 5.91 Å². The fourth-order valence-corrected chi connectivity index (χ4v) is 2.55. The molecule has 126 valence electrons. The first-order chi connectivity index (χ1) is 10.4. The molecule has 2 aromatic rings. The minimum absolute atomic E-state index is 0. The molecular formula is C17H23Cl2N3O. The molecule has 23 heavy (non-hydrogen) atoms. The van der Waals surface area contributed by atoms with Gasteiger partial charge in [0.2, 0.25) is 0 Å². The van der Waals surface area contributed by atoms with E-state index in [0.717, 1.165) is 17.1 Å². The summed E-state index contributed by atoms with van der Waals surface area (Å²) in [6.07, 6.45) is 0. The lowest BCUT2D eigenvalue weighted by molar-refractivity contribution is 0.0950. The first-order valence-electron chi connectivity index (χ1n) is 7.34. The van der Waals surface area contributed by atoms with Gasteiger partial charge < -0.3 is 15.2 Å². The molecule has 1 atom stereocenters. The van der Waals surface area contributed by atoms with E-state index < -0.39 is 0 Å². The van der Waals surface area contributed by atoms with Gasteiger partial charge in [-0.05, 0) is 58.2 Å². The Balaban J connectivity index is 0.00000264. The number of aromatic nitrogens is 1. The second kappa shape index (κ2) is 8.39. The molecule has 6 heteroatoms. The summed E-state index contributed by atoms with van der Waals surface area (Å²) in [5.74, 6) is -0.0459. The number of nitrogens with one attached hydrogen (secondary N) is 2. The van der Waals surface area contributed by atoms with Gasteiger partial charge in [-0.25, -0.2) is 0 Å². The minimum Gasteiger partial charge on any atom is -0.350 e. The predicted octanol–water partition coefficient (Wildman–Crippen LogP) is 3.51. The van der Waals surface area contributed by atoms with E-state index >= 15 is 0 Å². The van der Waals surface area contributed by atoms with Crippen molar-refractivity contribution in [3.8, 4) is 5.69 Å². The van der Waals surface area contributed by atoms with Crippen molar-refractivity contribution in [1.82, 2.24) is 15.2 Å². The SMILES string of the molecule is CNC(C)CNC(=O)c1cc(C)n(-c2ccc(Cl)cc2)c1C.Cl. The highest BCUT2D eigenvalue weighted by Gasteiger charge is 2.16. The lowest BCUT2D eigenvalue weighted by Gasteiger charge is -2.12. The quantitative estimate of drug-likeness (QED) is 0.861. The van der Waals surface area contributed by atoms with Crippen LogP contribution in [0.2, 0.25) is 5.02 Å². The third-order valence-corrected chi connectivity index (χ3v) is 4.07. The van der Waals surface area contributed by atoms with Crippen LogP contribution in [-0.2, 0) is 0 Å². The molecule has 0 bridgehead atoms. The molecule has 0 aliphatic heterocycles. The van der Waals surface area contributed by atoms with Crippen LogP contribution in [0.4, 0.5) is 0 Å². The number of amides is 1. The number of likely N-dealkylation sites (N-methyl/N-ethyl adjacent to an activating group) is 1. The fraction of sp³-hybridized carbons (Fsp3) is 0.353. The monoisotopic (exact) mass is 355 g/mol. The zero-order chi connectivity index (χ0) is 16.3. The summed E-state index contributed by atoms with van der Waals surface area (Å²) < 4.78 is 2.06. The van der Waals surface area contributed by atoms with E-state index in [9.17, 15) is 4.79 Å². The average Bonchev–Trinajstić information content (AvgIpc) is 2.80. The van der Waals surface area contributed by atoms with E-state index in [4.69, 9.17) is 11.6 Å². The summed E-state index contributed by atoms with van der Waals surface area (Å²) in [4.78, 5) is 12.4. The summed E-state index contributed by atoms with van der Waals surface area (Å²) in [5.41, 5.74) is 3.65. The maximum atomic E-state index is 12.4. The van der Waals surface area contributed by atoms with Crippen molar-refractivity contribution >= 4 is 29.9 Å². The molecule has 0 aliphatic rings. The summed E-state index contributed by atoms with van der Waals surface area (Å²) in [5, 5.41) is 6.76. The van der Waals surface area contributed by atoms with Crippen molar-refractivity contribution in [2.24, 2.45) is 0 Å². The van der Waals surface area contributed by atoms with Crippen molar-refractivity contribution in [3.63, 3.8) is 0 Å². The second-order valence-electron chi connectivity index (χ2n) is 5.50. The van der Waals surface area contributed by atoms with E-state index in [2.05, 4.69) is 15.2 Å². The Kier molecular flexibility index (Phi) is 7.13. The first kappa shape index (κ1) is 19.6. The van der Waals surface area contributed by atoms with Crippen LogP contribution in [-0.4, -0.2) is 30.1 Å². The van der Waals surface area contributed by atoms with Gasteiger partial charge >= 0.3 is 0 Å². The Morgan fingerprint density at radius 1 is 1.26 bits per heavy atom. The Morgan fingerprint density at radius 2 is 1.87 bits per heavy atom. The predicted molar refractivity (Wildman–Crippen MR) is 98.4 cm³/mol. The number of carbonyl (C=O) groups is 1. The van der Waals surface area contributed by atoms with Crippen LogP contribution in [0.3, 0.4) is 0 Å². The average molecular weight is 356 g/mol. The summed E-state index contributed by atoms with van der Waals surface area (Å²) in [6.45, 7) is 6.57. The molecule has 0 spiro atoms. The van der Waals surface area contributed by atoms with E-state index in [1.165, 1.54) is 0 Å². The molecule has 0 saturated carbocycles. The molecule has 1 unspecified atom stereocenters. The number of rotatable bonds is 5. The Morgan fingerprint density at radius 3 is 2.43 bits per heavy atom. The van der Waals surface area contributed by atoms with Crippen LogP contribution in [0.15, 0.2) is 30.3 Å². The Hall–Kier alpha value is -1.49. The molecule has 1 amide bonds. The normalized spacial score (nSPS) is 11.7. The molecule has 0 fully saturated rings. The van der Waals surface area contributed by atoms with E-state index in [-0.39, 0.29) is 24.4 Å². The summed E-state index contributed by atoms with van der Waals surface area (Å²) in [6, 6.07) is 9.77. The van der Waals surface area contributed by atoms with Crippen LogP contribution in [0.5, 0.6) is 0 Å². The third kappa shape index (κ3) is 4.50. The number of aryl methyl sites for hydroxylation is 1. The lowest BCUT2D eigenvalue weighted by Crippen LogP contribution is -2.37. The third-order valence-electron chi connectivity index (χ3n) is 3.82. The zero-order valence-electron chi connectivity index (χ0n) is 13.8. The molecule has 2 N–H and O–H groups in total. The zero-order valence-corrected chi connectivity index (χ0v) is 15.4. The minimum atomic E-state index is -0.0459. The topological polar surface area (TPSA) is 46.1 Å². The van der Waals surface area contributed by atoms with Crippen LogP contribution < -0.4 is 10.6 Å². The van der Waals surface area contributed by atoms with Crippen LogP contribution >= 0.6 is 24.0 Å². The maximum absolute atomic E-state index is 12.4. The maximum Gasteiger partial charge on any atom is 0.253 e. The molecule has 0 radical (unpaired) electrons. The van der Waals surface area contributed by atoms with Gasteiger partial charge in [-0.3, -0.25) is 4.79 Å². The van der Waals surface area contributed by atoms with Crippen LogP contribution in [0.1, 0.15) is 28.7 Å². The van der Waals surface area contributed by atoms with Crippen molar-refractivity contribution in [1.29, 1.82) is 0 Å². The number of benzene rings is 1. The molecule has 1 aromatic carbocycles. The number of nitrogens with zero attached hydrogens (tertiary/aromatic N) is 1. The highest BCUT2D eigenvalue weighted by atomic mass is 35.5. The van der Waals surface area contributed by atoms with E-state index in [1.807, 2.05) is 58.2 Å². The fourth-order valence-electron chi connectivity index (χ4n) is 2.42. The lowest BCUT2D eigenvalue weighted by atomic mass is 10.2. The molecule has 2 rings (SSSR count). The largest absolute Gasteiger partial charge is 0.350 e. The van der Waals surface area contributed by atoms with Crippen molar-refractivity contribution in [2.75, 3.05) is 13.6 Å². The number of halogens is 2. The second-order valence-corrected chi connectivity index (χ2v) is 5.93. The standard InChI is InChI=1S/C17H22ClN3O.ClH/c1-11(19-4)10-20-17(22)16-9-12(2)21(13(16)3)15-7-5-14(18)6-8-15;/h5-9,11,19H,10H2,1-4H3,(H,20,22);1H. The Labute approximate surface area is 148 Å². The molecular weight excluding hydrogens is 333 g/mol. The molecule has 0 aliphatic carbocycles.